The lowest BCUT2D eigenvalue weighted by atomic mass is 10.1. The molecule has 2 nitrogen and oxygen atoms in total. The van der Waals surface area contributed by atoms with Gasteiger partial charge < -0.3 is 9.80 Å². The summed E-state index contributed by atoms with van der Waals surface area (Å²) in [4.78, 5) is 5.07. The Morgan fingerprint density at radius 2 is 1.21 bits per heavy atom. The quantitative estimate of drug-likeness (QED) is 0.615. The van der Waals surface area contributed by atoms with Gasteiger partial charge in [-0.2, -0.15) is 0 Å². The Morgan fingerprint density at radius 3 is 1.71 bits per heavy atom. The normalized spacial score (nSPS) is 20.3. The molecule has 0 amide bonds. The van der Waals surface area contributed by atoms with Crippen LogP contribution in [0.5, 0.6) is 0 Å². The first-order valence-electron chi connectivity index (χ1n) is 5.54. The Morgan fingerprint density at radius 1 is 0.714 bits per heavy atom. The monoisotopic (exact) mass is 188 g/mol. The molecule has 0 N–H and O–H groups in total. The van der Waals surface area contributed by atoms with Crippen molar-refractivity contribution >= 4 is 11.4 Å². The molecule has 0 aromatic heterocycles. The predicted octanol–water partition coefficient (Wildman–Crippen LogP) is 2.11. The fourth-order valence-electron chi connectivity index (χ4n) is 2.55. The molecule has 74 valence electrons. The zero-order valence-corrected chi connectivity index (χ0v) is 8.45. The molecule has 0 unspecified atom stereocenters. The van der Waals surface area contributed by atoms with Crippen molar-refractivity contribution in [1.82, 2.24) is 0 Å². The lowest BCUT2D eigenvalue weighted by molar-refractivity contribution is 0.595. The number of nitrogens with zero attached hydrogens (tertiary/aromatic N) is 2. The molecule has 0 saturated heterocycles. The second kappa shape index (κ2) is 3.19. The summed E-state index contributed by atoms with van der Waals surface area (Å²) in [5.41, 5.74) is 2.89. The number of anilines is 2. The highest BCUT2D eigenvalue weighted by Crippen LogP contribution is 2.34. The molecule has 2 heteroatoms. The summed E-state index contributed by atoms with van der Waals surface area (Å²) in [5, 5.41) is 0. The Hall–Kier alpha value is -1.18. The van der Waals surface area contributed by atoms with Gasteiger partial charge in [0.05, 0.1) is 11.4 Å². The minimum atomic E-state index is 1.21. The maximum atomic E-state index is 2.53. The lowest BCUT2D eigenvalue weighted by Gasteiger charge is -2.41. The van der Waals surface area contributed by atoms with Crippen LogP contribution >= 0.6 is 0 Å². The van der Waals surface area contributed by atoms with Crippen molar-refractivity contribution in [2.75, 3.05) is 36.0 Å². The van der Waals surface area contributed by atoms with Crippen LogP contribution < -0.4 is 9.80 Å². The Bertz CT molecular complexity index is 302. The molecule has 0 saturated carbocycles. The van der Waals surface area contributed by atoms with Gasteiger partial charge in [0.2, 0.25) is 0 Å². The summed E-state index contributed by atoms with van der Waals surface area (Å²) in [6, 6.07) is 8.81. The van der Waals surface area contributed by atoms with Crippen molar-refractivity contribution in [2.45, 2.75) is 12.8 Å². The molecule has 14 heavy (non-hydrogen) atoms. The molecule has 2 aliphatic heterocycles. The van der Waals surface area contributed by atoms with E-state index in [9.17, 15) is 0 Å². The van der Waals surface area contributed by atoms with Gasteiger partial charge in [0.1, 0.15) is 0 Å². The van der Waals surface area contributed by atoms with Crippen LogP contribution in [0.2, 0.25) is 0 Å². The number of para-hydroxylation sites is 2. The zero-order chi connectivity index (χ0) is 9.38. The van der Waals surface area contributed by atoms with Crippen LogP contribution in [0.15, 0.2) is 24.3 Å². The molecule has 3 rings (SSSR count). The zero-order valence-electron chi connectivity index (χ0n) is 8.45. The van der Waals surface area contributed by atoms with E-state index in [1.165, 1.54) is 50.4 Å². The third kappa shape index (κ3) is 1.17. The van der Waals surface area contributed by atoms with E-state index in [1.54, 1.807) is 0 Å². The van der Waals surface area contributed by atoms with E-state index in [0.29, 0.717) is 0 Å². The third-order valence-corrected chi connectivity index (χ3v) is 3.31. The minimum absolute atomic E-state index is 1.21. The molecular weight excluding hydrogens is 172 g/mol. The number of benzene rings is 1. The van der Waals surface area contributed by atoms with Crippen LogP contribution in [0.25, 0.3) is 0 Å². The van der Waals surface area contributed by atoms with Gasteiger partial charge >= 0.3 is 0 Å². The summed E-state index contributed by atoms with van der Waals surface area (Å²) < 4.78 is 0. The molecule has 0 atom stereocenters. The van der Waals surface area contributed by atoms with Gasteiger partial charge in [0.15, 0.2) is 0 Å². The standard InChI is InChI=1S/C12H16N2/c1-2-6-12-11(5-1)13-7-3-4-8-14(12)10-9-13/h1-2,5-6H,3-4,7-10H2. The van der Waals surface area contributed by atoms with Crippen molar-refractivity contribution in [3.63, 3.8) is 0 Å². The second-order valence-corrected chi connectivity index (χ2v) is 4.17. The summed E-state index contributed by atoms with van der Waals surface area (Å²) in [7, 11) is 0. The average Bonchev–Trinajstić information content (AvgIpc) is 2.18. The minimum Gasteiger partial charge on any atom is -0.368 e. The largest absolute Gasteiger partial charge is 0.368 e. The molecule has 0 spiro atoms. The van der Waals surface area contributed by atoms with E-state index in [-0.39, 0.29) is 0 Å². The molecular formula is C12H16N2. The highest BCUT2D eigenvalue weighted by Gasteiger charge is 2.23. The summed E-state index contributed by atoms with van der Waals surface area (Å²) >= 11 is 0. The highest BCUT2D eigenvalue weighted by atomic mass is 15.3. The van der Waals surface area contributed by atoms with Crippen molar-refractivity contribution in [1.29, 1.82) is 0 Å². The van der Waals surface area contributed by atoms with Gasteiger partial charge in [-0.25, -0.2) is 0 Å². The lowest BCUT2D eigenvalue weighted by Crippen LogP contribution is -2.44. The number of rotatable bonds is 0. The van der Waals surface area contributed by atoms with Crippen molar-refractivity contribution < 1.29 is 0 Å². The van der Waals surface area contributed by atoms with Crippen LogP contribution in [0.4, 0.5) is 11.4 Å². The average molecular weight is 188 g/mol. The van der Waals surface area contributed by atoms with E-state index in [2.05, 4.69) is 34.1 Å². The van der Waals surface area contributed by atoms with E-state index in [0.717, 1.165) is 0 Å². The molecule has 0 radical (unpaired) electrons. The van der Waals surface area contributed by atoms with Gasteiger partial charge in [-0.3, -0.25) is 0 Å². The van der Waals surface area contributed by atoms with Gasteiger partial charge in [0, 0.05) is 26.2 Å². The predicted molar refractivity (Wildman–Crippen MR) is 60.1 cm³/mol. The Balaban J connectivity index is 2.09. The Labute approximate surface area is 85.1 Å². The van der Waals surface area contributed by atoms with Crippen LogP contribution in [0.3, 0.4) is 0 Å². The van der Waals surface area contributed by atoms with Crippen LogP contribution in [0, 0.1) is 0 Å². The van der Waals surface area contributed by atoms with Crippen molar-refractivity contribution in [3.05, 3.63) is 24.3 Å². The maximum absolute atomic E-state index is 2.53. The van der Waals surface area contributed by atoms with Gasteiger partial charge in [-0.1, -0.05) is 12.1 Å². The molecule has 0 aliphatic carbocycles. The fourth-order valence-corrected chi connectivity index (χ4v) is 2.55. The summed E-state index contributed by atoms with van der Waals surface area (Å²) in [6.07, 6.45) is 2.68. The fraction of sp³-hybridized carbons (Fsp3) is 0.500. The number of hydrogen-bond donors (Lipinski definition) is 0. The van der Waals surface area contributed by atoms with Crippen LogP contribution in [0.1, 0.15) is 12.8 Å². The summed E-state index contributed by atoms with van der Waals surface area (Å²) in [5.74, 6) is 0. The van der Waals surface area contributed by atoms with E-state index in [4.69, 9.17) is 0 Å². The SMILES string of the molecule is c1ccc2c(c1)N1CCCCN2CC1. The van der Waals surface area contributed by atoms with Gasteiger partial charge in [-0.05, 0) is 25.0 Å². The maximum Gasteiger partial charge on any atom is 0.0604 e. The van der Waals surface area contributed by atoms with Crippen molar-refractivity contribution in [3.8, 4) is 0 Å². The van der Waals surface area contributed by atoms with E-state index < -0.39 is 0 Å². The van der Waals surface area contributed by atoms with Crippen LogP contribution in [-0.2, 0) is 0 Å². The van der Waals surface area contributed by atoms with Crippen molar-refractivity contribution in [2.24, 2.45) is 0 Å². The van der Waals surface area contributed by atoms with Gasteiger partial charge in [-0.15, -0.1) is 0 Å². The van der Waals surface area contributed by atoms with Crippen LogP contribution in [-0.4, -0.2) is 26.2 Å². The molecule has 1 aromatic rings. The molecule has 2 aliphatic rings. The first-order valence-corrected chi connectivity index (χ1v) is 5.54. The summed E-state index contributed by atoms with van der Waals surface area (Å²) in [6.45, 7) is 4.89. The molecule has 0 fully saturated rings. The first-order chi connectivity index (χ1) is 6.95. The number of hydrogen-bond acceptors (Lipinski definition) is 2. The highest BCUT2D eigenvalue weighted by molar-refractivity contribution is 5.73. The Kier molecular flexibility index (Phi) is 1.86. The van der Waals surface area contributed by atoms with E-state index >= 15 is 0 Å². The second-order valence-electron chi connectivity index (χ2n) is 4.17. The molecule has 2 bridgehead atoms. The topological polar surface area (TPSA) is 6.48 Å². The molecule has 2 heterocycles. The molecule has 1 aromatic carbocycles. The van der Waals surface area contributed by atoms with Gasteiger partial charge in [0.25, 0.3) is 0 Å². The third-order valence-electron chi connectivity index (χ3n) is 3.31. The smallest absolute Gasteiger partial charge is 0.0604 e. The first kappa shape index (κ1) is 8.16. The van der Waals surface area contributed by atoms with E-state index in [1.807, 2.05) is 0 Å².